The number of esters is 1. The number of ether oxygens (including phenoxy) is 1. The van der Waals surface area contributed by atoms with Crippen molar-refractivity contribution in [3.05, 3.63) is 72.7 Å². The molecule has 0 aliphatic heterocycles. The number of hydrogen-bond acceptors (Lipinski definition) is 3. The highest BCUT2D eigenvalue weighted by Crippen LogP contribution is 2.22. The lowest BCUT2D eigenvalue weighted by Crippen LogP contribution is -2.05. The van der Waals surface area contributed by atoms with Crippen molar-refractivity contribution in [2.45, 2.75) is 6.42 Å². The number of nitrogens with zero attached hydrogens (tertiary/aromatic N) is 2. The molecule has 3 rings (SSSR count). The van der Waals surface area contributed by atoms with E-state index in [0.717, 1.165) is 22.3 Å². The minimum absolute atomic E-state index is 0.368. The van der Waals surface area contributed by atoms with E-state index in [1.807, 2.05) is 47.0 Å². The average molecular weight is 292 g/mol. The molecular formula is C18H16N2O2. The van der Waals surface area contributed by atoms with E-state index in [4.69, 9.17) is 0 Å². The van der Waals surface area contributed by atoms with E-state index >= 15 is 0 Å². The number of hydrogen-bond donors (Lipinski definition) is 0. The van der Waals surface area contributed by atoms with E-state index in [-0.39, 0.29) is 5.97 Å². The predicted octanol–water partition coefficient (Wildman–Crippen LogP) is 3.27. The number of rotatable bonds is 4. The Morgan fingerprint density at radius 3 is 2.73 bits per heavy atom. The van der Waals surface area contributed by atoms with Crippen LogP contribution in [-0.2, 0) is 16.0 Å². The zero-order chi connectivity index (χ0) is 15.5. The molecule has 4 nitrogen and oxygen atoms in total. The van der Waals surface area contributed by atoms with E-state index < -0.39 is 0 Å². The summed E-state index contributed by atoms with van der Waals surface area (Å²) in [4.78, 5) is 15.6. The summed E-state index contributed by atoms with van der Waals surface area (Å²) in [6.45, 7) is 3.75. The number of fused-ring (bicyclic) bond motifs is 1. The molecule has 2 aromatic heterocycles. The normalized spacial score (nSPS) is 10.6. The fourth-order valence-corrected chi connectivity index (χ4v) is 2.44. The van der Waals surface area contributed by atoms with Gasteiger partial charge in [0.1, 0.15) is 0 Å². The SMILES string of the molecule is C=C(Cc1ccc(-c2cccc3cncn23)cc1)C(=O)OC. The molecule has 0 atom stereocenters. The van der Waals surface area contributed by atoms with E-state index in [2.05, 4.69) is 22.4 Å². The fourth-order valence-electron chi connectivity index (χ4n) is 2.44. The molecule has 0 fully saturated rings. The fraction of sp³-hybridized carbons (Fsp3) is 0.111. The van der Waals surface area contributed by atoms with E-state index in [9.17, 15) is 4.79 Å². The van der Waals surface area contributed by atoms with Gasteiger partial charge in [-0.25, -0.2) is 9.78 Å². The molecule has 0 radical (unpaired) electrons. The zero-order valence-electron chi connectivity index (χ0n) is 12.3. The van der Waals surface area contributed by atoms with E-state index in [1.54, 1.807) is 6.33 Å². The first kappa shape index (κ1) is 14.1. The first-order valence-corrected chi connectivity index (χ1v) is 6.95. The van der Waals surface area contributed by atoms with Gasteiger partial charge in [-0.1, -0.05) is 36.9 Å². The number of benzene rings is 1. The lowest BCUT2D eigenvalue weighted by atomic mass is 10.0. The summed E-state index contributed by atoms with van der Waals surface area (Å²) in [5.74, 6) is -0.368. The lowest BCUT2D eigenvalue weighted by Gasteiger charge is -2.08. The number of carbonyl (C=O) groups is 1. The van der Waals surface area contributed by atoms with Crippen molar-refractivity contribution >= 4 is 11.5 Å². The monoisotopic (exact) mass is 292 g/mol. The van der Waals surface area contributed by atoms with Crippen LogP contribution in [0.1, 0.15) is 5.56 Å². The Balaban J connectivity index is 1.87. The molecule has 0 N–H and O–H groups in total. The maximum atomic E-state index is 11.4. The lowest BCUT2D eigenvalue weighted by molar-refractivity contribution is -0.136. The van der Waals surface area contributed by atoms with Crippen molar-refractivity contribution < 1.29 is 9.53 Å². The van der Waals surface area contributed by atoms with Gasteiger partial charge in [0.05, 0.1) is 30.8 Å². The summed E-state index contributed by atoms with van der Waals surface area (Å²) in [6, 6.07) is 14.2. The van der Waals surface area contributed by atoms with Gasteiger partial charge >= 0.3 is 5.97 Å². The molecule has 0 saturated heterocycles. The van der Waals surface area contributed by atoms with Gasteiger partial charge < -0.3 is 4.74 Å². The van der Waals surface area contributed by atoms with E-state index in [1.165, 1.54) is 7.11 Å². The topological polar surface area (TPSA) is 43.6 Å². The molecule has 3 aromatic rings. The quantitative estimate of drug-likeness (QED) is 0.547. The summed E-state index contributed by atoms with van der Waals surface area (Å²) in [6.07, 6.45) is 4.12. The smallest absolute Gasteiger partial charge is 0.333 e. The second-order valence-corrected chi connectivity index (χ2v) is 5.07. The van der Waals surface area contributed by atoms with E-state index in [0.29, 0.717) is 12.0 Å². The Bertz CT molecular complexity index is 832. The number of methoxy groups -OCH3 is 1. The predicted molar refractivity (Wildman–Crippen MR) is 85.5 cm³/mol. The third-order valence-corrected chi connectivity index (χ3v) is 3.59. The van der Waals surface area contributed by atoms with Gasteiger partial charge in [-0.05, 0) is 23.3 Å². The molecule has 0 saturated carbocycles. The van der Waals surface area contributed by atoms with Crippen molar-refractivity contribution in [1.29, 1.82) is 0 Å². The highest BCUT2D eigenvalue weighted by atomic mass is 16.5. The first-order chi connectivity index (χ1) is 10.7. The summed E-state index contributed by atoms with van der Waals surface area (Å²) < 4.78 is 6.71. The van der Waals surface area contributed by atoms with Crippen molar-refractivity contribution in [1.82, 2.24) is 9.38 Å². The largest absolute Gasteiger partial charge is 0.466 e. The second kappa shape index (κ2) is 5.85. The minimum Gasteiger partial charge on any atom is -0.466 e. The molecule has 4 heteroatoms. The van der Waals surface area contributed by atoms with Gasteiger partial charge in [0, 0.05) is 12.0 Å². The highest BCUT2D eigenvalue weighted by Gasteiger charge is 2.08. The molecule has 0 unspecified atom stereocenters. The van der Waals surface area contributed by atoms with Crippen LogP contribution in [-0.4, -0.2) is 22.5 Å². The van der Waals surface area contributed by atoms with Gasteiger partial charge in [0.25, 0.3) is 0 Å². The third kappa shape index (κ3) is 2.63. The minimum atomic E-state index is -0.368. The zero-order valence-corrected chi connectivity index (χ0v) is 12.3. The van der Waals surface area contributed by atoms with Crippen molar-refractivity contribution in [3.63, 3.8) is 0 Å². The average Bonchev–Trinajstić information content (AvgIpc) is 3.03. The summed E-state index contributed by atoms with van der Waals surface area (Å²) in [5.41, 5.74) is 4.70. The number of carbonyl (C=O) groups excluding carboxylic acids is 1. The van der Waals surface area contributed by atoms with Crippen molar-refractivity contribution in [3.8, 4) is 11.3 Å². The van der Waals surface area contributed by atoms with Crippen LogP contribution in [0.2, 0.25) is 0 Å². The molecule has 0 bridgehead atoms. The van der Waals surface area contributed by atoms with Crippen LogP contribution in [0, 0.1) is 0 Å². The van der Waals surface area contributed by atoms with Crippen molar-refractivity contribution in [2.75, 3.05) is 7.11 Å². The third-order valence-electron chi connectivity index (χ3n) is 3.59. The Morgan fingerprint density at radius 2 is 2.00 bits per heavy atom. The molecule has 110 valence electrons. The highest BCUT2D eigenvalue weighted by molar-refractivity contribution is 5.88. The maximum absolute atomic E-state index is 11.4. The summed E-state index contributed by atoms with van der Waals surface area (Å²) >= 11 is 0. The van der Waals surface area contributed by atoms with Crippen LogP contribution in [0.5, 0.6) is 0 Å². The van der Waals surface area contributed by atoms with Gasteiger partial charge in [-0.3, -0.25) is 4.40 Å². The number of imidazole rings is 1. The maximum Gasteiger partial charge on any atom is 0.333 e. The molecular weight excluding hydrogens is 276 g/mol. The molecule has 22 heavy (non-hydrogen) atoms. The van der Waals surface area contributed by atoms with Crippen LogP contribution in [0.25, 0.3) is 16.8 Å². The Hall–Kier alpha value is -2.88. The standard InChI is InChI=1S/C18H16N2O2/c1-13(18(21)22-2)10-14-6-8-15(9-7-14)17-5-3-4-16-11-19-12-20(16)17/h3-9,11-12H,1,10H2,2H3. The Labute approximate surface area is 128 Å². The van der Waals surface area contributed by atoms with Gasteiger partial charge in [0.2, 0.25) is 0 Å². The van der Waals surface area contributed by atoms with Crippen LogP contribution in [0.4, 0.5) is 0 Å². The number of aromatic nitrogens is 2. The van der Waals surface area contributed by atoms with Gasteiger partial charge in [0.15, 0.2) is 0 Å². The molecule has 0 aliphatic rings. The first-order valence-electron chi connectivity index (χ1n) is 6.95. The summed E-state index contributed by atoms with van der Waals surface area (Å²) in [5, 5.41) is 0. The molecule has 0 spiro atoms. The molecule has 0 aliphatic carbocycles. The van der Waals surface area contributed by atoms with Gasteiger partial charge in [-0.15, -0.1) is 0 Å². The number of pyridine rings is 1. The Kier molecular flexibility index (Phi) is 3.74. The van der Waals surface area contributed by atoms with Crippen LogP contribution in [0.3, 0.4) is 0 Å². The summed E-state index contributed by atoms with van der Waals surface area (Å²) in [7, 11) is 1.36. The molecule has 1 aromatic carbocycles. The second-order valence-electron chi connectivity index (χ2n) is 5.07. The van der Waals surface area contributed by atoms with Crippen LogP contribution in [0.15, 0.2) is 67.1 Å². The molecule has 0 amide bonds. The van der Waals surface area contributed by atoms with Crippen LogP contribution >= 0.6 is 0 Å². The Morgan fingerprint density at radius 1 is 1.23 bits per heavy atom. The van der Waals surface area contributed by atoms with Crippen molar-refractivity contribution in [2.24, 2.45) is 0 Å². The van der Waals surface area contributed by atoms with Crippen LogP contribution < -0.4 is 0 Å². The molecule has 2 heterocycles. The van der Waals surface area contributed by atoms with Gasteiger partial charge in [-0.2, -0.15) is 0 Å².